The number of rotatable bonds is 2. The molecule has 1 amide bonds. The van der Waals surface area contributed by atoms with Crippen molar-refractivity contribution in [1.29, 1.82) is 0 Å². The molecule has 1 aliphatic heterocycles. The van der Waals surface area contributed by atoms with E-state index in [4.69, 9.17) is 0 Å². The van der Waals surface area contributed by atoms with Crippen molar-refractivity contribution in [3.05, 3.63) is 41.3 Å². The number of allylic oxidation sites excluding steroid dienone is 4. The number of likely N-dealkylation sites (tertiary alicyclic amines) is 1. The fourth-order valence-corrected chi connectivity index (χ4v) is 3.62. The first kappa shape index (κ1) is 15.1. The maximum Gasteiger partial charge on any atom is 0.257 e. The number of hydrogen-bond acceptors (Lipinski definition) is 2. The third-order valence-corrected chi connectivity index (χ3v) is 4.91. The Bertz CT molecular complexity index is 626. The van der Waals surface area contributed by atoms with Crippen molar-refractivity contribution in [3.8, 4) is 0 Å². The Balaban J connectivity index is 1.69. The normalized spacial score (nSPS) is 25.2. The zero-order valence-corrected chi connectivity index (χ0v) is 13.7. The molecular formula is C18H25N3O. The summed E-state index contributed by atoms with van der Waals surface area (Å²) in [6.45, 7) is 5.80. The molecule has 2 unspecified atom stereocenters. The van der Waals surface area contributed by atoms with E-state index in [2.05, 4.69) is 30.3 Å². The highest BCUT2D eigenvalue weighted by molar-refractivity contribution is 5.95. The number of aryl methyl sites for hydroxylation is 2. The highest BCUT2D eigenvalue weighted by Gasteiger charge is 2.30. The first-order valence-electron chi connectivity index (χ1n) is 8.19. The second-order valence-corrected chi connectivity index (χ2v) is 6.66. The molecule has 4 heteroatoms. The summed E-state index contributed by atoms with van der Waals surface area (Å²) in [4.78, 5) is 14.8. The summed E-state index contributed by atoms with van der Waals surface area (Å²) in [5, 5.41) is 4.29. The zero-order chi connectivity index (χ0) is 15.7. The predicted molar refractivity (Wildman–Crippen MR) is 87.6 cm³/mol. The van der Waals surface area contributed by atoms with E-state index in [-0.39, 0.29) is 5.91 Å². The van der Waals surface area contributed by atoms with E-state index in [0.29, 0.717) is 11.8 Å². The lowest BCUT2D eigenvalue weighted by Crippen LogP contribution is -2.42. The molecule has 2 heterocycles. The van der Waals surface area contributed by atoms with Crippen molar-refractivity contribution in [1.82, 2.24) is 14.7 Å². The molecule has 0 spiro atoms. The number of amides is 1. The Kier molecular flexibility index (Phi) is 4.19. The third kappa shape index (κ3) is 3.01. The molecule has 1 aliphatic carbocycles. The highest BCUT2D eigenvalue weighted by atomic mass is 16.2. The Hall–Kier alpha value is -1.84. The van der Waals surface area contributed by atoms with E-state index in [1.807, 2.05) is 25.1 Å². The first-order chi connectivity index (χ1) is 10.5. The second-order valence-electron chi connectivity index (χ2n) is 6.66. The van der Waals surface area contributed by atoms with Gasteiger partial charge in [-0.3, -0.25) is 9.48 Å². The second kappa shape index (κ2) is 6.11. The lowest BCUT2D eigenvalue weighted by molar-refractivity contribution is 0.0644. The van der Waals surface area contributed by atoms with Gasteiger partial charge in [0.25, 0.3) is 5.91 Å². The molecule has 0 bridgehead atoms. The number of aromatic nitrogens is 2. The summed E-state index contributed by atoms with van der Waals surface area (Å²) in [5.74, 6) is 1.30. The lowest BCUT2D eigenvalue weighted by atomic mass is 9.81. The van der Waals surface area contributed by atoms with Crippen molar-refractivity contribution < 1.29 is 4.79 Å². The fraction of sp³-hybridized carbons (Fsp3) is 0.556. The summed E-state index contributed by atoms with van der Waals surface area (Å²) in [6.07, 6.45) is 12.1. The van der Waals surface area contributed by atoms with Crippen molar-refractivity contribution in [2.75, 3.05) is 13.1 Å². The van der Waals surface area contributed by atoms with Gasteiger partial charge >= 0.3 is 0 Å². The largest absolute Gasteiger partial charge is 0.338 e. The molecule has 1 fully saturated rings. The average molecular weight is 299 g/mol. The summed E-state index contributed by atoms with van der Waals surface area (Å²) in [7, 11) is 1.87. The molecule has 2 atom stereocenters. The van der Waals surface area contributed by atoms with Crippen LogP contribution in [0, 0.1) is 18.8 Å². The van der Waals surface area contributed by atoms with E-state index in [1.165, 1.54) is 12.0 Å². The van der Waals surface area contributed by atoms with E-state index in [9.17, 15) is 4.79 Å². The molecule has 0 N–H and O–H groups in total. The minimum absolute atomic E-state index is 0.141. The third-order valence-electron chi connectivity index (χ3n) is 4.91. The number of nitrogens with zero attached hydrogens (tertiary/aromatic N) is 3. The summed E-state index contributed by atoms with van der Waals surface area (Å²) in [5.41, 5.74) is 2.93. The molecule has 1 saturated heterocycles. The number of carbonyl (C=O) groups excluding carboxylic acids is 1. The number of carbonyl (C=O) groups is 1. The molecule has 2 aliphatic rings. The van der Waals surface area contributed by atoms with Crippen molar-refractivity contribution in [2.45, 2.75) is 33.1 Å². The number of piperidine rings is 1. The van der Waals surface area contributed by atoms with E-state index in [1.54, 1.807) is 4.68 Å². The van der Waals surface area contributed by atoms with Crippen LogP contribution in [0.5, 0.6) is 0 Å². The molecular weight excluding hydrogens is 274 g/mol. The van der Waals surface area contributed by atoms with Gasteiger partial charge in [0.05, 0.1) is 11.3 Å². The topological polar surface area (TPSA) is 38.1 Å². The van der Waals surface area contributed by atoms with E-state index in [0.717, 1.165) is 37.2 Å². The first-order valence-corrected chi connectivity index (χ1v) is 8.19. The molecule has 118 valence electrons. The van der Waals surface area contributed by atoms with Crippen molar-refractivity contribution in [3.63, 3.8) is 0 Å². The smallest absolute Gasteiger partial charge is 0.257 e. The SMILES string of the molecule is CC1=CCC(C2CCCN(C(=O)c3cn(C)nc3C)C2)C=C1. The van der Waals surface area contributed by atoms with Crippen LogP contribution in [-0.4, -0.2) is 33.7 Å². The van der Waals surface area contributed by atoms with Gasteiger partial charge in [-0.15, -0.1) is 0 Å². The van der Waals surface area contributed by atoms with Crippen LogP contribution in [0.1, 0.15) is 42.2 Å². The van der Waals surface area contributed by atoms with Crippen molar-refractivity contribution >= 4 is 5.91 Å². The monoisotopic (exact) mass is 299 g/mol. The van der Waals surface area contributed by atoms with Gasteiger partial charge in [0, 0.05) is 26.3 Å². The lowest BCUT2D eigenvalue weighted by Gasteiger charge is -2.36. The van der Waals surface area contributed by atoms with Crippen LogP contribution < -0.4 is 0 Å². The van der Waals surface area contributed by atoms with E-state index >= 15 is 0 Å². The predicted octanol–water partition coefficient (Wildman–Crippen LogP) is 3.10. The van der Waals surface area contributed by atoms with Gasteiger partial charge in [0.1, 0.15) is 0 Å². The molecule has 4 nitrogen and oxygen atoms in total. The Morgan fingerprint density at radius 1 is 1.36 bits per heavy atom. The Labute approximate surface area is 132 Å². The van der Waals surface area contributed by atoms with Crippen LogP contribution >= 0.6 is 0 Å². The molecule has 0 saturated carbocycles. The van der Waals surface area contributed by atoms with Crippen LogP contribution in [0.3, 0.4) is 0 Å². The van der Waals surface area contributed by atoms with Gasteiger partial charge < -0.3 is 4.90 Å². The van der Waals surface area contributed by atoms with E-state index < -0.39 is 0 Å². The molecule has 22 heavy (non-hydrogen) atoms. The minimum Gasteiger partial charge on any atom is -0.338 e. The van der Waals surface area contributed by atoms with Gasteiger partial charge in [0.2, 0.25) is 0 Å². The van der Waals surface area contributed by atoms with Gasteiger partial charge in [-0.05, 0) is 44.9 Å². The van der Waals surface area contributed by atoms with Crippen LogP contribution in [0.15, 0.2) is 30.0 Å². The summed E-state index contributed by atoms with van der Waals surface area (Å²) >= 11 is 0. The molecule has 3 rings (SSSR count). The minimum atomic E-state index is 0.141. The summed E-state index contributed by atoms with van der Waals surface area (Å²) < 4.78 is 1.72. The van der Waals surface area contributed by atoms with Gasteiger partial charge in [0.15, 0.2) is 0 Å². The maximum absolute atomic E-state index is 12.8. The quantitative estimate of drug-likeness (QED) is 0.841. The van der Waals surface area contributed by atoms with Crippen LogP contribution in [-0.2, 0) is 7.05 Å². The van der Waals surface area contributed by atoms with Crippen molar-refractivity contribution in [2.24, 2.45) is 18.9 Å². The molecule has 1 aromatic rings. The number of hydrogen-bond donors (Lipinski definition) is 0. The van der Waals surface area contributed by atoms with Crippen LogP contribution in [0.4, 0.5) is 0 Å². The standard InChI is InChI=1S/C18H25N3O/c1-13-6-8-15(9-7-13)16-5-4-10-21(11-16)18(22)17-12-20(3)19-14(17)2/h6-8,12,15-16H,4-5,9-11H2,1-3H3. The molecule has 0 aromatic carbocycles. The fourth-order valence-electron chi connectivity index (χ4n) is 3.62. The van der Waals surface area contributed by atoms with Crippen LogP contribution in [0.2, 0.25) is 0 Å². The van der Waals surface area contributed by atoms with Gasteiger partial charge in [-0.25, -0.2) is 0 Å². The molecule has 0 radical (unpaired) electrons. The Morgan fingerprint density at radius 3 is 2.82 bits per heavy atom. The van der Waals surface area contributed by atoms with Crippen LogP contribution in [0.25, 0.3) is 0 Å². The average Bonchev–Trinajstić information content (AvgIpc) is 2.86. The maximum atomic E-state index is 12.8. The zero-order valence-electron chi connectivity index (χ0n) is 13.7. The summed E-state index contributed by atoms with van der Waals surface area (Å²) in [6, 6.07) is 0. The molecule has 1 aromatic heterocycles. The highest BCUT2D eigenvalue weighted by Crippen LogP contribution is 2.31. The Morgan fingerprint density at radius 2 is 2.18 bits per heavy atom. The van der Waals surface area contributed by atoms with Gasteiger partial charge in [-0.2, -0.15) is 5.10 Å². The van der Waals surface area contributed by atoms with Gasteiger partial charge in [-0.1, -0.05) is 23.8 Å².